The average molecular weight is 462 g/mol. The Morgan fingerprint density at radius 1 is 1.17 bits per heavy atom. The van der Waals surface area contributed by atoms with Crippen molar-refractivity contribution < 1.29 is 22.7 Å². The summed E-state index contributed by atoms with van der Waals surface area (Å²) < 4.78 is 40.8. The van der Waals surface area contributed by atoms with E-state index in [9.17, 15) is 18.0 Å². The number of benzene rings is 1. The van der Waals surface area contributed by atoms with Crippen LogP contribution in [0.3, 0.4) is 0 Å². The highest BCUT2D eigenvalue weighted by molar-refractivity contribution is 8.01. The number of halogens is 4. The molecule has 0 radical (unpaired) electrons. The molecule has 0 aliphatic carbocycles. The van der Waals surface area contributed by atoms with Crippen molar-refractivity contribution >= 4 is 57.2 Å². The van der Waals surface area contributed by atoms with E-state index in [2.05, 4.69) is 30.6 Å². The summed E-state index contributed by atoms with van der Waals surface area (Å²) in [5.41, 5.74) is 0.513. The van der Waals surface area contributed by atoms with Crippen LogP contribution in [0, 0.1) is 0 Å². The Kier molecular flexibility index (Phi) is 6.77. The summed E-state index contributed by atoms with van der Waals surface area (Å²) in [5.74, 6) is -0.104. The van der Waals surface area contributed by atoms with Crippen LogP contribution in [-0.4, -0.2) is 33.2 Å². The topological polar surface area (TPSA) is 89.0 Å². The molecule has 2 aromatic heterocycles. The van der Waals surface area contributed by atoms with Crippen molar-refractivity contribution in [3.8, 4) is 5.75 Å². The minimum atomic E-state index is -4.74. The Bertz CT molecular complexity index is 968. The van der Waals surface area contributed by atoms with Crippen LogP contribution in [0.25, 0.3) is 0 Å². The van der Waals surface area contributed by atoms with Crippen molar-refractivity contribution in [3.05, 3.63) is 47.6 Å². The summed E-state index contributed by atoms with van der Waals surface area (Å²) in [6, 6.07) is 8.40. The molecule has 0 spiro atoms. The van der Waals surface area contributed by atoms with E-state index in [-0.39, 0.29) is 17.4 Å². The van der Waals surface area contributed by atoms with E-state index in [1.807, 2.05) is 0 Å². The molecule has 0 fully saturated rings. The number of hydrogen-bond acceptors (Lipinski definition) is 8. The van der Waals surface area contributed by atoms with Crippen LogP contribution in [0.15, 0.2) is 46.9 Å². The van der Waals surface area contributed by atoms with Gasteiger partial charge in [0.1, 0.15) is 11.6 Å². The molecule has 3 aromatic rings. The van der Waals surface area contributed by atoms with E-state index < -0.39 is 6.36 Å². The lowest BCUT2D eigenvalue weighted by Gasteiger charge is -2.09. The maximum Gasteiger partial charge on any atom is 0.573 e. The molecule has 0 bridgehead atoms. The molecule has 1 amide bonds. The number of carbonyl (C=O) groups excluding carboxylic acids is 1. The molecule has 0 atom stereocenters. The quantitative estimate of drug-likeness (QED) is 0.481. The Morgan fingerprint density at radius 2 is 1.93 bits per heavy atom. The molecule has 13 heteroatoms. The van der Waals surface area contributed by atoms with E-state index in [4.69, 9.17) is 11.6 Å². The second kappa shape index (κ2) is 9.29. The van der Waals surface area contributed by atoms with Gasteiger partial charge in [0.2, 0.25) is 11.0 Å². The van der Waals surface area contributed by atoms with E-state index in [0.29, 0.717) is 26.0 Å². The molecule has 1 aromatic carbocycles. The molecule has 29 heavy (non-hydrogen) atoms. The Balaban J connectivity index is 1.49. The van der Waals surface area contributed by atoms with Crippen molar-refractivity contribution in [3.63, 3.8) is 0 Å². The molecular weight excluding hydrogens is 451 g/mol. The zero-order valence-corrected chi connectivity index (χ0v) is 16.6. The van der Waals surface area contributed by atoms with Crippen molar-refractivity contribution in [1.29, 1.82) is 0 Å². The highest BCUT2D eigenvalue weighted by Gasteiger charge is 2.30. The molecular formula is C16H11ClF3N5O2S2. The second-order valence-electron chi connectivity index (χ2n) is 5.27. The summed E-state index contributed by atoms with van der Waals surface area (Å²) in [6.07, 6.45) is -3.31. The Hall–Kier alpha value is -2.57. The van der Waals surface area contributed by atoms with Gasteiger partial charge < -0.3 is 15.4 Å². The molecule has 2 N–H and O–H groups in total. The van der Waals surface area contributed by atoms with E-state index >= 15 is 0 Å². The van der Waals surface area contributed by atoms with E-state index in [1.54, 1.807) is 12.1 Å². The van der Waals surface area contributed by atoms with Crippen LogP contribution >= 0.6 is 34.7 Å². The lowest BCUT2D eigenvalue weighted by Crippen LogP contribution is -2.16. The Morgan fingerprint density at radius 3 is 2.59 bits per heavy atom. The predicted octanol–water partition coefficient (Wildman–Crippen LogP) is 4.96. The molecule has 3 rings (SSSR count). The molecule has 2 heterocycles. The predicted molar refractivity (Wildman–Crippen MR) is 105 cm³/mol. The molecule has 7 nitrogen and oxygen atoms in total. The van der Waals surface area contributed by atoms with E-state index in [1.165, 1.54) is 53.6 Å². The van der Waals surface area contributed by atoms with E-state index in [0.717, 1.165) is 0 Å². The second-order valence-corrected chi connectivity index (χ2v) is 7.91. The monoisotopic (exact) mass is 461 g/mol. The number of nitrogens with one attached hydrogen (secondary N) is 2. The van der Waals surface area contributed by atoms with Gasteiger partial charge in [0.15, 0.2) is 4.34 Å². The third-order valence-corrected chi connectivity index (χ3v) is 5.26. The highest BCUT2D eigenvalue weighted by atomic mass is 35.5. The SMILES string of the molecule is O=C(CSc1nnc(Nc2ccc(OC(F)(F)F)cc2)s1)Nc1ccc(Cl)cn1. The largest absolute Gasteiger partial charge is 0.573 e. The summed E-state index contributed by atoms with van der Waals surface area (Å²) in [7, 11) is 0. The van der Waals surface area contributed by atoms with Gasteiger partial charge in [0.25, 0.3) is 0 Å². The zero-order chi connectivity index (χ0) is 20.9. The standard InChI is InChI=1S/C16H11ClF3N5O2S2/c17-9-1-6-12(21-7-9)23-13(26)8-28-15-25-24-14(29-15)22-10-2-4-11(5-3-10)27-16(18,19)20/h1-7H,8H2,(H,22,24)(H,21,23,26). The Labute approximate surface area is 175 Å². The fourth-order valence-electron chi connectivity index (χ4n) is 1.94. The number of hydrogen-bond donors (Lipinski definition) is 2. The van der Waals surface area contributed by atoms with Crippen molar-refractivity contribution in [2.75, 3.05) is 16.4 Å². The van der Waals surface area contributed by atoms with Gasteiger partial charge in [-0.15, -0.1) is 23.4 Å². The van der Waals surface area contributed by atoms with Crippen molar-refractivity contribution in [2.45, 2.75) is 10.7 Å². The maximum absolute atomic E-state index is 12.2. The zero-order valence-electron chi connectivity index (χ0n) is 14.2. The normalized spacial score (nSPS) is 11.2. The number of pyridine rings is 1. The first-order valence-corrected chi connectivity index (χ1v) is 9.95. The lowest BCUT2D eigenvalue weighted by atomic mass is 10.3. The molecule has 0 saturated carbocycles. The van der Waals surface area contributed by atoms with Gasteiger partial charge in [-0.25, -0.2) is 4.98 Å². The smallest absolute Gasteiger partial charge is 0.406 e. The number of anilines is 3. The maximum atomic E-state index is 12.2. The first-order valence-electron chi connectivity index (χ1n) is 7.77. The first-order chi connectivity index (χ1) is 13.8. The van der Waals surface area contributed by atoms with Crippen LogP contribution in [-0.2, 0) is 4.79 Å². The summed E-state index contributed by atoms with van der Waals surface area (Å²) in [5, 5.41) is 14.3. The van der Waals surface area contributed by atoms with Gasteiger partial charge >= 0.3 is 6.36 Å². The lowest BCUT2D eigenvalue weighted by molar-refractivity contribution is -0.274. The average Bonchev–Trinajstić information content (AvgIpc) is 3.10. The molecule has 0 aliphatic heterocycles. The molecule has 152 valence electrons. The van der Waals surface area contributed by atoms with Crippen LogP contribution in [0.5, 0.6) is 5.75 Å². The van der Waals surface area contributed by atoms with Crippen LogP contribution in [0.4, 0.5) is 29.8 Å². The van der Waals surface area contributed by atoms with Crippen LogP contribution < -0.4 is 15.4 Å². The van der Waals surface area contributed by atoms with Gasteiger partial charge in [0.05, 0.1) is 10.8 Å². The van der Waals surface area contributed by atoms with Crippen molar-refractivity contribution in [2.24, 2.45) is 0 Å². The van der Waals surface area contributed by atoms with Gasteiger partial charge in [-0.1, -0.05) is 34.7 Å². The summed E-state index contributed by atoms with van der Waals surface area (Å²) >= 11 is 8.12. The number of amides is 1. The number of aromatic nitrogens is 3. The number of alkyl halides is 3. The van der Waals surface area contributed by atoms with Crippen LogP contribution in [0.2, 0.25) is 5.02 Å². The molecule has 0 unspecified atom stereocenters. The first kappa shape index (κ1) is 21.1. The summed E-state index contributed by atoms with van der Waals surface area (Å²) in [6.45, 7) is 0. The van der Waals surface area contributed by atoms with Gasteiger partial charge in [-0.2, -0.15) is 0 Å². The van der Waals surface area contributed by atoms with Crippen molar-refractivity contribution in [1.82, 2.24) is 15.2 Å². The number of thioether (sulfide) groups is 1. The fourth-order valence-corrected chi connectivity index (χ4v) is 3.62. The minimum Gasteiger partial charge on any atom is -0.406 e. The van der Waals surface area contributed by atoms with Crippen LogP contribution in [0.1, 0.15) is 0 Å². The third-order valence-electron chi connectivity index (χ3n) is 3.07. The number of carbonyl (C=O) groups is 1. The number of nitrogens with zero attached hydrogens (tertiary/aromatic N) is 3. The number of rotatable bonds is 7. The minimum absolute atomic E-state index is 0.0996. The number of ether oxygens (including phenoxy) is 1. The fraction of sp³-hybridized carbons (Fsp3) is 0.125. The third kappa shape index (κ3) is 7.07. The van der Waals surface area contributed by atoms with Gasteiger partial charge in [-0.05, 0) is 36.4 Å². The highest BCUT2D eigenvalue weighted by Crippen LogP contribution is 2.29. The van der Waals surface area contributed by atoms with Gasteiger partial charge in [0, 0.05) is 11.9 Å². The van der Waals surface area contributed by atoms with Gasteiger partial charge in [-0.3, -0.25) is 4.79 Å². The molecule has 0 aliphatic rings. The summed E-state index contributed by atoms with van der Waals surface area (Å²) in [4.78, 5) is 15.9. The molecule has 0 saturated heterocycles.